The van der Waals surface area contributed by atoms with E-state index in [2.05, 4.69) is 22.0 Å². The van der Waals surface area contributed by atoms with E-state index < -0.39 is 0 Å². The Morgan fingerprint density at radius 3 is 2.60 bits per heavy atom. The van der Waals surface area contributed by atoms with Crippen LogP contribution < -0.4 is 5.32 Å². The minimum Gasteiger partial charge on any atom is -0.393 e. The Hall–Kier alpha value is -0.120. The predicted octanol–water partition coefficient (Wildman–Crippen LogP) is 1.39. The summed E-state index contributed by atoms with van der Waals surface area (Å²) in [5.41, 5.74) is 0. The molecular weight excluding hydrogens is 431 g/mol. The van der Waals surface area contributed by atoms with Crippen LogP contribution in [-0.2, 0) is 4.74 Å². The van der Waals surface area contributed by atoms with E-state index in [1.165, 1.54) is 13.0 Å². The van der Waals surface area contributed by atoms with E-state index in [-0.39, 0.29) is 30.1 Å². The minimum atomic E-state index is -0.151. The molecule has 3 aliphatic rings. The van der Waals surface area contributed by atoms with E-state index in [1.54, 1.807) is 0 Å². The fraction of sp³-hybridized carbons (Fsp3) is 0.944. The maximum atomic E-state index is 9.99. The number of rotatable bonds is 5. The third-order valence-electron chi connectivity index (χ3n) is 5.64. The van der Waals surface area contributed by atoms with Gasteiger partial charge in [-0.05, 0) is 32.1 Å². The molecule has 0 bridgehead atoms. The van der Waals surface area contributed by atoms with Crippen LogP contribution >= 0.6 is 24.0 Å². The Morgan fingerprint density at radius 1 is 1.20 bits per heavy atom. The molecule has 3 unspecified atom stereocenters. The first-order chi connectivity index (χ1) is 11.8. The van der Waals surface area contributed by atoms with Gasteiger partial charge >= 0.3 is 0 Å². The molecule has 0 amide bonds. The van der Waals surface area contributed by atoms with Crippen molar-refractivity contribution in [1.82, 2.24) is 15.1 Å². The molecule has 7 heteroatoms. The normalized spacial score (nSPS) is 31.2. The van der Waals surface area contributed by atoms with Crippen LogP contribution in [-0.4, -0.2) is 86.0 Å². The molecule has 3 rings (SSSR count). The molecule has 0 spiro atoms. The third-order valence-corrected chi connectivity index (χ3v) is 5.64. The van der Waals surface area contributed by atoms with Gasteiger partial charge in [0.15, 0.2) is 5.96 Å². The van der Waals surface area contributed by atoms with Crippen LogP contribution in [0.25, 0.3) is 0 Å². The smallest absolute Gasteiger partial charge is 0.194 e. The molecule has 2 aliphatic heterocycles. The number of nitrogens with zero attached hydrogens (tertiary/aromatic N) is 3. The zero-order valence-corrected chi connectivity index (χ0v) is 17.9. The highest BCUT2D eigenvalue weighted by molar-refractivity contribution is 14.0. The maximum absolute atomic E-state index is 9.99. The average Bonchev–Trinajstić information content (AvgIpc) is 3.24. The summed E-state index contributed by atoms with van der Waals surface area (Å²) in [6.45, 7) is 11.1. The highest BCUT2D eigenvalue weighted by atomic mass is 127. The Kier molecular flexibility index (Phi) is 9.23. The van der Waals surface area contributed by atoms with Crippen LogP contribution in [0, 0.1) is 11.8 Å². The molecule has 25 heavy (non-hydrogen) atoms. The van der Waals surface area contributed by atoms with Crippen molar-refractivity contribution in [3.05, 3.63) is 0 Å². The first-order valence-corrected chi connectivity index (χ1v) is 9.77. The Balaban J connectivity index is 0.00000225. The van der Waals surface area contributed by atoms with Gasteiger partial charge in [-0.1, -0.05) is 6.42 Å². The average molecular weight is 466 g/mol. The summed E-state index contributed by atoms with van der Waals surface area (Å²) >= 11 is 0. The highest BCUT2D eigenvalue weighted by Gasteiger charge is 2.26. The Labute approximate surface area is 169 Å². The molecule has 0 aromatic rings. The molecule has 2 heterocycles. The second-order valence-electron chi connectivity index (χ2n) is 7.47. The number of aliphatic hydroxyl groups excluding tert-OH is 1. The number of hydrogen-bond acceptors (Lipinski definition) is 4. The number of piperazine rings is 1. The van der Waals surface area contributed by atoms with Crippen LogP contribution in [0.1, 0.15) is 32.6 Å². The lowest BCUT2D eigenvalue weighted by Gasteiger charge is -2.37. The molecule has 2 N–H and O–H groups in total. The maximum Gasteiger partial charge on any atom is 0.194 e. The molecule has 1 saturated carbocycles. The Bertz CT molecular complexity index is 410. The molecule has 6 nitrogen and oxygen atoms in total. The fourth-order valence-electron chi connectivity index (χ4n) is 4.09. The standard InChI is InChI=1S/C18H34N4O2.HI/c1-2-19-18(20-12-16-4-3-5-17(16)23)22-9-7-21(8-10-22)13-15-6-11-24-14-15;/h15-17,23H,2-14H2,1H3,(H,19,20);1H. The van der Waals surface area contributed by atoms with Crippen LogP contribution in [0.2, 0.25) is 0 Å². The summed E-state index contributed by atoms with van der Waals surface area (Å²) in [7, 11) is 0. The highest BCUT2D eigenvalue weighted by Crippen LogP contribution is 2.25. The predicted molar refractivity (Wildman–Crippen MR) is 112 cm³/mol. The summed E-state index contributed by atoms with van der Waals surface area (Å²) in [5, 5.41) is 13.4. The number of aliphatic imine (C=N–C) groups is 1. The van der Waals surface area contributed by atoms with E-state index >= 15 is 0 Å². The largest absolute Gasteiger partial charge is 0.393 e. The van der Waals surface area contributed by atoms with Crippen LogP contribution in [0.5, 0.6) is 0 Å². The van der Waals surface area contributed by atoms with Crippen molar-refractivity contribution in [3.8, 4) is 0 Å². The van der Waals surface area contributed by atoms with Gasteiger partial charge in [-0.25, -0.2) is 0 Å². The van der Waals surface area contributed by atoms with Crippen LogP contribution in [0.15, 0.2) is 4.99 Å². The van der Waals surface area contributed by atoms with Gasteiger partial charge in [0, 0.05) is 58.3 Å². The van der Waals surface area contributed by atoms with Crippen molar-refractivity contribution in [2.45, 2.75) is 38.7 Å². The summed E-state index contributed by atoms with van der Waals surface area (Å²) in [6.07, 6.45) is 4.26. The number of aliphatic hydroxyl groups is 1. The number of guanidine groups is 1. The first kappa shape index (κ1) is 21.2. The number of ether oxygens (including phenoxy) is 1. The van der Waals surface area contributed by atoms with Crippen molar-refractivity contribution >= 4 is 29.9 Å². The lowest BCUT2D eigenvalue weighted by molar-refractivity contribution is 0.134. The van der Waals surface area contributed by atoms with Gasteiger partial charge in [0.1, 0.15) is 0 Å². The van der Waals surface area contributed by atoms with Gasteiger partial charge < -0.3 is 20.1 Å². The van der Waals surface area contributed by atoms with Gasteiger partial charge in [0.2, 0.25) is 0 Å². The van der Waals surface area contributed by atoms with E-state index in [0.717, 1.165) is 83.6 Å². The van der Waals surface area contributed by atoms with Crippen LogP contribution in [0.3, 0.4) is 0 Å². The molecule has 3 atom stereocenters. The monoisotopic (exact) mass is 466 g/mol. The molecule has 146 valence electrons. The first-order valence-electron chi connectivity index (χ1n) is 9.77. The zero-order valence-electron chi connectivity index (χ0n) is 15.5. The molecule has 1 aliphatic carbocycles. The SMILES string of the molecule is CCNC(=NCC1CCCC1O)N1CCN(CC2CCOC2)CC1.I. The van der Waals surface area contributed by atoms with Crippen molar-refractivity contribution in [3.63, 3.8) is 0 Å². The molecule has 2 saturated heterocycles. The molecule has 0 aromatic carbocycles. The van der Waals surface area contributed by atoms with Gasteiger partial charge in [0.25, 0.3) is 0 Å². The summed E-state index contributed by atoms with van der Waals surface area (Å²) in [4.78, 5) is 9.78. The molecular formula is C18H35IN4O2. The summed E-state index contributed by atoms with van der Waals surface area (Å²) in [6, 6.07) is 0. The van der Waals surface area contributed by atoms with E-state index in [4.69, 9.17) is 9.73 Å². The Morgan fingerprint density at radius 2 is 2.00 bits per heavy atom. The fourth-order valence-corrected chi connectivity index (χ4v) is 4.09. The van der Waals surface area contributed by atoms with Gasteiger partial charge in [0.05, 0.1) is 12.7 Å². The van der Waals surface area contributed by atoms with Crippen LogP contribution in [0.4, 0.5) is 0 Å². The number of halogens is 1. The zero-order chi connectivity index (χ0) is 16.8. The summed E-state index contributed by atoms with van der Waals surface area (Å²) < 4.78 is 5.49. The molecule has 3 fully saturated rings. The van der Waals surface area contributed by atoms with Crippen molar-refractivity contribution in [1.29, 1.82) is 0 Å². The topological polar surface area (TPSA) is 60.3 Å². The van der Waals surface area contributed by atoms with Gasteiger partial charge in [-0.15, -0.1) is 24.0 Å². The lowest BCUT2D eigenvalue weighted by atomic mass is 10.1. The lowest BCUT2D eigenvalue weighted by Crippen LogP contribution is -2.53. The second kappa shape index (κ2) is 10.9. The van der Waals surface area contributed by atoms with E-state index in [0.29, 0.717) is 5.92 Å². The third kappa shape index (κ3) is 6.22. The van der Waals surface area contributed by atoms with E-state index in [9.17, 15) is 5.11 Å². The van der Waals surface area contributed by atoms with Gasteiger partial charge in [-0.2, -0.15) is 0 Å². The van der Waals surface area contributed by atoms with Crippen molar-refractivity contribution in [2.75, 3.05) is 59.0 Å². The molecule has 0 aromatic heterocycles. The van der Waals surface area contributed by atoms with Gasteiger partial charge in [-0.3, -0.25) is 9.89 Å². The van der Waals surface area contributed by atoms with Crippen molar-refractivity contribution in [2.24, 2.45) is 16.8 Å². The molecule has 0 radical (unpaired) electrons. The second-order valence-corrected chi connectivity index (χ2v) is 7.47. The quantitative estimate of drug-likeness (QED) is 0.365. The van der Waals surface area contributed by atoms with E-state index in [1.807, 2.05) is 0 Å². The number of nitrogens with one attached hydrogen (secondary N) is 1. The van der Waals surface area contributed by atoms with Crippen molar-refractivity contribution < 1.29 is 9.84 Å². The number of hydrogen-bond donors (Lipinski definition) is 2. The minimum absolute atomic E-state index is 0. The summed E-state index contributed by atoms with van der Waals surface area (Å²) in [5.74, 6) is 2.10.